The van der Waals surface area contributed by atoms with Crippen molar-refractivity contribution in [3.8, 4) is 0 Å². The molecule has 3 nitrogen and oxygen atoms in total. The Hall–Kier alpha value is -2.00. The maximum absolute atomic E-state index is 12.1. The van der Waals surface area contributed by atoms with E-state index in [0.29, 0.717) is 11.6 Å². The summed E-state index contributed by atoms with van der Waals surface area (Å²) in [6.45, 7) is 2.59. The molecule has 0 unspecified atom stereocenters. The first-order valence-corrected chi connectivity index (χ1v) is 6.94. The van der Waals surface area contributed by atoms with E-state index < -0.39 is 0 Å². The van der Waals surface area contributed by atoms with Crippen LogP contribution < -0.4 is 10.2 Å². The van der Waals surface area contributed by atoms with Crippen LogP contribution in [0.15, 0.2) is 48.5 Å². The van der Waals surface area contributed by atoms with Gasteiger partial charge in [-0.3, -0.25) is 4.79 Å². The maximum Gasteiger partial charge on any atom is 0.246 e. The van der Waals surface area contributed by atoms with Gasteiger partial charge in [-0.25, -0.2) is 0 Å². The summed E-state index contributed by atoms with van der Waals surface area (Å²) in [7, 11) is 0. The minimum Gasteiger partial charge on any atom is -0.354 e. The number of hydrogen-bond acceptors (Lipinski definition) is 2. The molecule has 4 heteroatoms. The highest BCUT2D eigenvalue weighted by Crippen LogP contribution is 2.35. The maximum atomic E-state index is 12.1. The standard InChI is InChI=1S/C16H15ClN2O/c1-11-16(20)18-14-8-7-13(17)9-15(14)19(11)10-12-5-3-2-4-6-12/h2-9,11H,10H2,1H3,(H,18,20)/t11-/m0/s1. The number of carbonyl (C=O) groups excluding carboxylic acids is 1. The summed E-state index contributed by atoms with van der Waals surface area (Å²) in [6, 6.07) is 15.4. The zero-order chi connectivity index (χ0) is 14.1. The van der Waals surface area contributed by atoms with Crippen molar-refractivity contribution < 1.29 is 4.79 Å². The van der Waals surface area contributed by atoms with Gasteiger partial charge in [-0.05, 0) is 30.7 Å². The molecule has 0 radical (unpaired) electrons. The molecule has 1 N–H and O–H groups in total. The minimum atomic E-state index is -0.221. The van der Waals surface area contributed by atoms with E-state index in [0.717, 1.165) is 11.4 Å². The van der Waals surface area contributed by atoms with Crippen LogP contribution in [0.5, 0.6) is 0 Å². The molecule has 0 saturated heterocycles. The fourth-order valence-electron chi connectivity index (χ4n) is 2.44. The normalized spacial score (nSPS) is 17.6. The number of nitrogens with zero attached hydrogens (tertiary/aromatic N) is 1. The summed E-state index contributed by atoms with van der Waals surface area (Å²) in [6.07, 6.45) is 0. The van der Waals surface area contributed by atoms with Gasteiger partial charge in [0, 0.05) is 11.6 Å². The van der Waals surface area contributed by atoms with Crippen LogP contribution in [0.1, 0.15) is 12.5 Å². The van der Waals surface area contributed by atoms with E-state index in [4.69, 9.17) is 11.6 Å². The first-order chi connectivity index (χ1) is 9.65. The summed E-state index contributed by atoms with van der Waals surface area (Å²) < 4.78 is 0. The first kappa shape index (κ1) is 13.0. The Morgan fingerprint density at radius 2 is 1.95 bits per heavy atom. The number of hydrogen-bond donors (Lipinski definition) is 1. The van der Waals surface area contributed by atoms with Crippen molar-refractivity contribution in [3.63, 3.8) is 0 Å². The highest BCUT2D eigenvalue weighted by molar-refractivity contribution is 6.31. The van der Waals surface area contributed by atoms with Crippen molar-refractivity contribution in [1.29, 1.82) is 0 Å². The second kappa shape index (κ2) is 5.17. The van der Waals surface area contributed by atoms with E-state index in [1.54, 1.807) is 6.07 Å². The van der Waals surface area contributed by atoms with Gasteiger partial charge in [-0.15, -0.1) is 0 Å². The summed E-state index contributed by atoms with van der Waals surface area (Å²) in [4.78, 5) is 14.1. The van der Waals surface area contributed by atoms with Gasteiger partial charge in [0.15, 0.2) is 0 Å². The number of benzene rings is 2. The highest BCUT2D eigenvalue weighted by Gasteiger charge is 2.29. The van der Waals surface area contributed by atoms with Crippen molar-refractivity contribution in [3.05, 3.63) is 59.1 Å². The topological polar surface area (TPSA) is 32.3 Å². The van der Waals surface area contributed by atoms with Crippen LogP contribution in [0, 0.1) is 0 Å². The molecule has 0 aliphatic carbocycles. The van der Waals surface area contributed by atoms with Crippen molar-refractivity contribution in [2.24, 2.45) is 0 Å². The smallest absolute Gasteiger partial charge is 0.246 e. The minimum absolute atomic E-state index is 0.00996. The molecule has 2 aromatic rings. The molecule has 20 heavy (non-hydrogen) atoms. The van der Waals surface area contributed by atoms with Gasteiger partial charge >= 0.3 is 0 Å². The average molecular weight is 287 g/mol. The van der Waals surface area contributed by atoms with Crippen LogP contribution >= 0.6 is 11.6 Å². The lowest BCUT2D eigenvalue weighted by atomic mass is 10.1. The lowest BCUT2D eigenvalue weighted by Gasteiger charge is -2.36. The number of amides is 1. The van der Waals surface area contributed by atoms with E-state index in [2.05, 4.69) is 22.3 Å². The van der Waals surface area contributed by atoms with E-state index in [1.807, 2.05) is 37.3 Å². The first-order valence-electron chi connectivity index (χ1n) is 6.56. The molecule has 1 heterocycles. The van der Waals surface area contributed by atoms with Gasteiger partial charge in [0.05, 0.1) is 11.4 Å². The Morgan fingerprint density at radius 3 is 2.70 bits per heavy atom. The van der Waals surface area contributed by atoms with Crippen molar-refractivity contribution in [2.45, 2.75) is 19.5 Å². The Morgan fingerprint density at radius 1 is 1.20 bits per heavy atom. The fraction of sp³-hybridized carbons (Fsp3) is 0.188. The van der Waals surface area contributed by atoms with Crippen LogP contribution in [0.3, 0.4) is 0 Å². The zero-order valence-electron chi connectivity index (χ0n) is 11.1. The summed E-state index contributed by atoms with van der Waals surface area (Å²) >= 11 is 6.09. The van der Waals surface area contributed by atoms with Gasteiger partial charge in [0.25, 0.3) is 0 Å². The number of anilines is 2. The number of halogens is 1. The molecule has 0 aromatic heterocycles. The van der Waals surface area contributed by atoms with E-state index in [-0.39, 0.29) is 11.9 Å². The van der Waals surface area contributed by atoms with Crippen LogP contribution in [-0.2, 0) is 11.3 Å². The van der Waals surface area contributed by atoms with E-state index in [9.17, 15) is 4.79 Å². The number of nitrogens with one attached hydrogen (secondary N) is 1. The second-order valence-corrected chi connectivity index (χ2v) is 5.38. The van der Waals surface area contributed by atoms with Crippen molar-refractivity contribution in [1.82, 2.24) is 0 Å². The monoisotopic (exact) mass is 286 g/mol. The third-order valence-corrected chi connectivity index (χ3v) is 3.80. The summed E-state index contributed by atoms with van der Waals surface area (Å²) in [5.74, 6) is 0.00996. The van der Waals surface area contributed by atoms with Gasteiger partial charge in [-0.2, -0.15) is 0 Å². The molecule has 0 spiro atoms. The second-order valence-electron chi connectivity index (χ2n) is 4.94. The summed E-state index contributed by atoms with van der Waals surface area (Å²) in [5, 5.41) is 3.58. The van der Waals surface area contributed by atoms with E-state index in [1.165, 1.54) is 5.56 Å². The molecule has 0 saturated carbocycles. The van der Waals surface area contributed by atoms with Crippen LogP contribution in [0.2, 0.25) is 5.02 Å². The van der Waals surface area contributed by atoms with Crippen molar-refractivity contribution >= 4 is 28.9 Å². The molecule has 1 amide bonds. The Kier molecular flexibility index (Phi) is 3.36. The number of carbonyl (C=O) groups is 1. The molecule has 1 aliphatic heterocycles. The largest absolute Gasteiger partial charge is 0.354 e. The predicted molar refractivity (Wildman–Crippen MR) is 82.2 cm³/mol. The lowest BCUT2D eigenvalue weighted by Crippen LogP contribution is -2.45. The summed E-state index contributed by atoms with van der Waals surface area (Å²) in [5.41, 5.74) is 2.95. The molecule has 0 fully saturated rings. The van der Waals surface area contributed by atoms with Gasteiger partial charge in [-0.1, -0.05) is 41.9 Å². The lowest BCUT2D eigenvalue weighted by molar-refractivity contribution is -0.117. The fourth-order valence-corrected chi connectivity index (χ4v) is 2.60. The SMILES string of the molecule is C[C@H]1C(=O)Nc2ccc(Cl)cc2N1Cc1ccccc1. The quantitative estimate of drug-likeness (QED) is 0.913. The molecular formula is C16H15ClN2O. The molecule has 1 aliphatic rings. The Bertz CT molecular complexity index is 642. The molecule has 102 valence electrons. The zero-order valence-corrected chi connectivity index (χ0v) is 11.9. The molecule has 0 bridgehead atoms. The van der Waals surface area contributed by atoms with Crippen LogP contribution in [0.4, 0.5) is 11.4 Å². The third-order valence-electron chi connectivity index (χ3n) is 3.57. The molecule has 1 atom stereocenters. The predicted octanol–water partition coefficient (Wildman–Crippen LogP) is 3.69. The van der Waals surface area contributed by atoms with Gasteiger partial charge in [0.2, 0.25) is 5.91 Å². The Balaban J connectivity index is 2.00. The van der Waals surface area contributed by atoms with Crippen molar-refractivity contribution in [2.75, 3.05) is 10.2 Å². The third kappa shape index (κ3) is 2.37. The van der Waals surface area contributed by atoms with Gasteiger partial charge in [0.1, 0.15) is 6.04 Å². The number of fused-ring (bicyclic) bond motifs is 1. The Labute approximate surface area is 123 Å². The average Bonchev–Trinajstić information content (AvgIpc) is 2.46. The van der Waals surface area contributed by atoms with Crippen LogP contribution in [-0.4, -0.2) is 11.9 Å². The molecular weight excluding hydrogens is 272 g/mol. The number of rotatable bonds is 2. The van der Waals surface area contributed by atoms with E-state index >= 15 is 0 Å². The highest BCUT2D eigenvalue weighted by atomic mass is 35.5. The molecule has 3 rings (SSSR count). The van der Waals surface area contributed by atoms with Crippen LogP contribution in [0.25, 0.3) is 0 Å². The molecule has 2 aromatic carbocycles. The van der Waals surface area contributed by atoms with Gasteiger partial charge < -0.3 is 10.2 Å².